The quantitative estimate of drug-likeness (QED) is 0.0378. The van der Waals surface area contributed by atoms with E-state index >= 15 is 0 Å². The molecule has 0 saturated carbocycles. The molecule has 0 rings (SSSR count). The van der Waals surface area contributed by atoms with Gasteiger partial charge >= 0.3 is 11.9 Å². The molecule has 2 N–H and O–H groups in total. The Morgan fingerprint density at radius 2 is 0.981 bits per heavy atom. The van der Waals surface area contributed by atoms with Crippen molar-refractivity contribution < 1.29 is 24.2 Å². The van der Waals surface area contributed by atoms with Gasteiger partial charge in [0.25, 0.3) is 0 Å². The lowest BCUT2D eigenvalue weighted by Crippen LogP contribution is -2.28. The van der Waals surface area contributed by atoms with Crippen LogP contribution in [0.25, 0.3) is 0 Å². The molecule has 0 radical (unpaired) electrons. The first kappa shape index (κ1) is 48.9. The number of nitrogens with one attached hydrogen (secondary N) is 1. The van der Waals surface area contributed by atoms with Gasteiger partial charge in [0.15, 0.2) is 0 Å². The normalized spacial score (nSPS) is 12.8. The van der Waals surface area contributed by atoms with Crippen LogP contribution < -0.4 is 5.32 Å². The molecule has 1 amide bonds. The number of carboxylic acid groups (broad SMARTS) is 1. The Kier molecular flexibility index (Phi) is 38.2. The number of carbonyl (C=O) groups excluding carboxylic acids is 2. The molecule has 296 valence electrons. The van der Waals surface area contributed by atoms with E-state index in [1.165, 1.54) is 64.2 Å². The Hall–Kier alpha value is -3.15. The van der Waals surface area contributed by atoms with E-state index in [2.05, 4.69) is 79.9 Å². The molecular formula is C46H77NO5. The van der Waals surface area contributed by atoms with Gasteiger partial charge in [-0.05, 0) is 89.9 Å². The summed E-state index contributed by atoms with van der Waals surface area (Å²) in [5.41, 5.74) is 0. The molecule has 52 heavy (non-hydrogen) atoms. The van der Waals surface area contributed by atoms with Crippen LogP contribution in [0.15, 0.2) is 72.9 Å². The Labute approximate surface area is 319 Å². The van der Waals surface area contributed by atoms with Crippen LogP contribution in [0.4, 0.5) is 0 Å². The van der Waals surface area contributed by atoms with Gasteiger partial charge in [-0.1, -0.05) is 157 Å². The minimum atomic E-state index is -1.03. The molecule has 6 nitrogen and oxygen atoms in total. The zero-order chi connectivity index (χ0) is 38.0. The van der Waals surface area contributed by atoms with E-state index in [9.17, 15) is 14.4 Å². The van der Waals surface area contributed by atoms with Crippen LogP contribution in [0.3, 0.4) is 0 Å². The number of ether oxygens (including phenoxy) is 1. The Balaban J connectivity index is 4.38. The van der Waals surface area contributed by atoms with Crippen LogP contribution in [0, 0.1) is 0 Å². The van der Waals surface area contributed by atoms with Crippen molar-refractivity contribution in [2.45, 2.75) is 193 Å². The highest BCUT2D eigenvalue weighted by Crippen LogP contribution is 2.17. The first-order valence-corrected chi connectivity index (χ1v) is 21.1. The Morgan fingerprint density at radius 3 is 1.50 bits per heavy atom. The lowest BCUT2D eigenvalue weighted by Gasteiger charge is -2.18. The first-order valence-electron chi connectivity index (χ1n) is 21.1. The Morgan fingerprint density at radius 1 is 0.538 bits per heavy atom. The summed E-state index contributed by atoms with van der Waals surface area (Å²) in [7, 11) is 0. The maximum absolute atomic E-state index is 12.7. The fraction of sp³-hybridized carbons (Fsp3) is 0.674. The number of hydrogen-bond donors (Lipinski definition) is 2. The minimum Gasteiger partial charge on any atom is -0.480 e. The summed E-state index contributed by atoms with van der Waals surface area (Å²) in [6.45, 7) is 4.09. The van der Waals surface area contributed by atoms with E-state index in [0.717, 1.165) is 96.3 Å². The molecular weight excluding hydrogens is 647 g/mol. The lowest BCUT2D eigenvalue weighted by atomic mass is 10.0. The number of esters is 1. The monoisotopic (exact) mass is 724 g/mol. The largest absolute Gasteiger partial charge is 0.480 e. The van der Waals surface area contributed by atoms with Crippen molar-refractivity contribution in [3.05, 3.63) is 72.9 Å². The van der Waals surface area contributed by atoms with Gasteiger partial charge in [0.2, 0.25) is 5.91 Å². The highest BCUT2D eigenvalue weighted by molar-refractivity contribution is 5.80. The smallest absolute Gasteiger partial charge is 0.322 e. The number of allylic oxidation sites excluding steroid dienone is 11. The van der Waals surface area contributed by atoms with E-state index in [0.29, 0.717) is 12.8 Å². The van der Waals surface area contributed by atoms with Crippen molar-refractivity contribution in [2.75, 3.05) is 6.54 Å². The molecule has 0 aliphatic rings. The number of rotatable bonds is 37. The zero-order valence-corrected chi connectivity index (χ0v) is 33.4. The van der Waals surface area contributed by atoms with E-state index in [1.807, 2.05) is 12.2 Å². The van der Waals surface area contributed by atoms with E-state index in [1.54, 1.807) is 0 Å². The molecule has 6 heteroatoms. The number of unbranched alkanes of at least 4 members (excludes halogenated alkanes) is 15. The molecule has 0 aromatic rings. The predicted octanol–water partition coefficient (Wildman–Crippen LogP) is 13.0. The second-order valence-corrected chi connectivity index (χ2v) is 13.9. The van der Waals surface area contributed by atoms with E-state index < -0.39 is 5.97 Å². The van der Waals surface area contributed by atoms with Crippen molar-refractivity contribution in [2.24, 2.45) is 0 Å². The van der Waals surface area contributed by atoms with Crippen molar-refractivity contribution in [3.8, 4) is 0 Å². The van der Waals surface area contributed by atoms with Crippen LogP contribution in [-0.2, 0) is 19.1 Å². The summed E-state index contributed by atoms with van der Waals surface area (Å²) in [5.74, 6) is -1.38. The van der Waals surface area contributed by atoms with Crippen LogP contribution in [0.2, 0.25) is 0 Å². The summed E-state index contributed by atoms with van der Waals surface area (Å²) in [4.78, 5) is 35.0. The van der Waals surface area contributed by atoms with Crippen molar-refractivity contribution in [1.82, 2.24) is 5.32 Å². The SMILES string of the molecule is CC/C=C\C/C=C\C/C=C\C/C=C\C/C=C\CC(=O)OC(CCCCC/C=C\CCCCCCCCCC)CCCCCCCC(=O)NCC(=O)O. The molecule has 0 bridgehead atoms. The topological polar surface area (TPSA) is 92.7 Å². The number of hydrogen-bond acceptors (Lipinski definition) is 4. The molecule has 1 atom stereocenters. The summed E-state index contributed by atoms with van der Waals surface area (Å²) in [6.07, 6.45) is 54.6. The number of carbonyl (C=O) groups is 3. The maximum atomic E-state index is 12.7. The molecule has 0 fully saturated rings. The van der Waals surface area contributed by atoms with Crippen molar-refractivity contribution in [3.63, 3.8) is 0 Å². The van der Waals surface area contributed by atoms with Gasteiger partial charge in [-0.3, -0.25) is 14.4 Å². The third-order valence-electron chi connectivity index (χ3n) is 8.89. The number of carboxylic acids is 1. The standard InChI is InChI=1S/C46H77NO5/c1-3-5-7-9-11-13-15-17-19-21-23-25-27-30-34-38-43(39-35-31-29-32-36-40-44(48)47-42-45(49)50)52-46(51)41-37-33-28-26-24-22-20-18-16-14-12-10-8-6-4-2/h6,8,12,14,18,20-21,23-24,26,33,37,43H,3-5,7,9-11,13,15-17,19,22,25,27-32,34-36,38-42H2,1-2H3,(H,47,48)(H,49,50)/b8-6-,14-12-,20-18-,23-21-,26-24-,37-33-. The number of amides is 1. The zero-order valence-electron chi connectivity index (χ0n) is 33.4. The van der Waals surface area contributed by atoms with Crippen LogP contribution in [-0.4, -0.2) is 35.6 Å². The first-order chi connectivity index (χ1) is 25.5. The molecule has 0 aliphatic carbocycles. The predicted molar refractivity (Wildman–Crippen MR) is 221 cm³/mol. The molecule has 0 spiro atoms. The van der Waals surface area contributed by atoms with Gasteiger partial charge < -0.3 is 15.2 Å². The average Bonchev–Trinajstić information content (AvgIpc) is 3.13. The Bertz CT molecular complexity index is 1020. The van der Waals surface area contributed by atoms with E-state index in [-0.39, 0.29) is 24.5 Å². The van der Waals surface area contributed by atoms with Crippen LogP contribution >= 0.6 is 0 Å². The molecule has 1 unspecified atom stereocenters. The maximum Gasteiger partial charge on any atom is 0.322 e. The highest BCUT2D eigenvalue weighted by atomic mass is 16.5. The molecule has 0 aliphatic heterocycles. The van der Waals surface area contributed by atoms with Crippen LogP contribution in [0.5, 0.6) is 0 Å². The second kappa shape index (κ2) is 40.6. The fourth-order valence-corrected chi connectivity index (χ4v) is 5.82. The molecule has 0 aromatic heterocycles. The summed E-state index contributed by atoms with van der Waals surface area (Å²) >= 11 is 0. The third kappa shape index (κ3) is 39.6. The fourth-order valence-electron chi connectivity index (χ4n) is 5.82. The van der Waals surface area contributed by atoms with Crippen molar-refractivity contribution >= 4 is 17.8 Å². The highest BCUT2D eigenvalue weighted by Gasteiger charge is 2.13. The molecule has 0 heterocycles. The van der Waals surface area contributed by atoms with Gasteiger partial charge in [-0.15, -0.1) is 0 Å². The summed E-state index contributed by atoms with van der Waals surface area (Å²) in [6, 6.07) is 0. The van der Waals surface area contributed by atoms with Gasteiger partial charge in [-0.25, -0.2) is 0 Å². The van der Waals surface area contributed by atoms with Gasteiger partial charge in [0, 0.05) is 6.42 Å². The lowest BCUT2D eigenvalue weighted by molar-refractivity contribution is -0.148. The van der Waals surface area contributed by atoms with Crippen molar-refractivity contribution in [1.29, 1.82) is 0 Å². The summed E-state index contributed by atoms with van der Waals surface area (Å²) in [5, 5.41) is 11.1. The van der Waals surface area contributed by atoms with Gasteiger partial charge in [-0.2, -0.15) is 0 Å². The van der Waals surface area contributed by atoms with Gasteiger partial charge in [0.1, 0.15) is 12.6 Å². The van der Waals surface area contributed by atoms with E-state index in [4.69, 9.17) is 9.84 Å². The third-order valence-corrected chi connectivity index (χ3v) is 8.89. The second-order valence-electron chi connectivity index (χ2n) is 13.9. The molecule has 0 aromatic carbocycles. The number of aliphatic carboxylic acids is 1. The molecule has 0 saturated heterocycles. The average molecular weight is 724 g/mol. The summed E-state index contributed by atoms with van der Waals surface area (Å²) < 4.78 is 5.95. The van der Waals surface area contributed by atoms with Gasteiger partial charge in [0.05, 0.1) is 6.42 Å². The minimum absolute atomic E-state index is 0.0467. The van der Waals surface area contributed by atoms with Crippen LogP contribution in [0.1, 0.15) is 187 Å².